The maximum absolute atomic E-state index is 14.4. The Hall–Kier alpha value is -2.37. The van der Waals surface area contributed by atoms with Crippen LogP contribution in [-0.4, -0.2) is 23.0 Å². The van der Waals surface area contributed by atoms with Gasteiger partial charge in [-0.3, -0.25) is 4.90 Å². The number of nitrogens with zero attached hydrogens (tertiary/aromatic N) is 1. The van der Waals surface area contributed by atoms with E-state index in [2.05, 4.69) is 50.1 Å². The fraction of sp³-hybridized carbons (Fsp3) is 0.250. The zero-order valence-corrected chi connectivity index (χ0v) is 17.6. The van der Waals surface area contributed by atoms with Crippen LogP contribution in [0.5, 0.6) is 5.75 Å². The molecular formula is C24H22BrFN2O. The zero-order chi connectivity index (χ0) is 19.8. The van der Waals surface area contributed by atoms with Crippen molar-refractivity contribution in [3.8, 4) is 5.75 Å². The van der Waals surface area contributed by atoms with Crippen LogP contribution in [-0.2, 0) is 13.2 Å². The number of hydrogen-bond donors (Lipinski definition) is 1. The van der Waals surface area contributed by atoms with Crippen molar-refractivity contribution < 1.29 is 9.13 Å². The van der Waals surface area contributed by atoms with E-state index in [1.165, 1.54) is 37.6 Å². The highest BCUT2D eigenvalue weighted by atomic mass is 79.9. The number of likely N-dealkylation sites (tertiary alicyclic amines) is 1. The van der Waals surface area contributed by atoms with E-state index in [0.29, 0.717) is 17.9 Å². The minimum absolute atomic E-state index is 0.272. The topological polar surface area (TPSA) is 28.3 Å². The lowest BCUT2D eigenvalue weighted by Crippen LogP contribution is -2.18. The van der Waals surface area contributed by atoms with Crippen molar-refractivity contribution in [2.24, 2.45) is 0 Å². The maximum Gasteiger partial charge on any atom is 0.147 e. The molecule has 5 heteroatoms. The Morgan fingerprint density at radius 1 is 0.966 bits per heavy atom. The first-order valence-corrected chi connectivity index (χ1v) is 10.8. The Morgan fingerprint density at radius 3 is 2.52 bits per heavy atom. The van der Waals surface area contributed by atoms with Gasteiger partial charge in [0.05, 0.1) is 10.9 Å². The van der Waals surface area contributed by atoms with Gasteiger partial charge in [-0.25, -0.2) is 4.39 Å². The van der Waals surface area contributed by atoms with Gasteiger partial charge in [0, 0.05) is 21.9 Å². The molecule has 0 saturated carbocycles. The van der Waals surface area contributed by atoms with Crippen molar-refractivity contribution in [3.05, 3.63) is 76.0 Å². The number of ether oxygens (including phenoxy) is 1. The van der Waals surface area contributed by atoms with Gasteiger partial charge in [-0.15, -0.1) is 0 Å². The molecule has 0 amide bonds. The minimum Gasteiger partial charge on any atom is -0.488 e. The molecule has 0 spiro atoms. The molecule has 0 radical (unpaired) electrons. The highest BCUT2D eigenvalue weighted by Crippen LogP contribution is 2.36. The molecule has 148 valence electrons. The largest absolute Gasteiger partial charge is 0.488 e. The Labute approximate surface area is 177 Å². The van der Waals surface area contributed by atoms with E-state index in [1.54, 1.807) is 6.07 Å². The molecular weight excluding hydrogens is 431 g/mol. The number of aromatic amines is 1. The van der Waals surface area contributed by atoms with Crippen molar-refractivity contribution in [1.29, 1.82) is 0 Å². The van der Waals surface area contributed by atoms with Crippen molar-refractivity contribution in [3.63, 3.8) is 0 Å². The summed E-state index contributed by atoms with van der Waals surface area (Å²) in [5.74, 6) is 0.415. The highest BCUT2D eigenvalue weighted by molar-refractivity contribution is 9.10. The van der Waals surface area contributed by atoms with Gasteiger partial charge in [-0.2, -0.15) is 0 Å². The fourth-order valence-electron chi connectivity index (χ4n) is 4.14. The lowest BCUT2D eigenvalue weighted by molar-refractivity contribution is 0.309. The SMILES string of the molecule is Fc1ccc(OCc2ccc(CN3CCCC3)cc2)c2c1[nH]c1ccc(Br)cc12. The summed E-state index contributed by atoms with van der Waals surface area (Å²) in [6.45, 7) is 3.87. The van der Waals surface area contributed by atoms with Crippen LogP contribution in [0.1, 0.15) is 24.0 Å². The van der Waals surface area contributed by atoms with Crippen molar-refractivity contribution in [1.82, 2.24) is 9.88 Å². The molecule has 4 aromatic rings. The Balaban J connectivity index is 1.38. The molecule has 0 atom stereocenters. The summed E-state index contributed by atoms with van der Waals surface area (Å²) in [6, 6.07) is 17.7. The van der Waals surface area contributed by atoms with E-state index in [9.17, 15) is 4.39 Å². The average Bonchev–Trinajstić information content (AvgIpc) is 3.37. The van der Waals surface area contributed by atoms with E-state index in [4.69, 9.17) is 4.74 Å². The summed E-state index contributed by atoms with van der Waals surface area (Å²) in [4.78, 5) is 5.67. The number of fused-ring (bicyclic) bond motifs is 3. The maximum atomic E-state index is 14.4. The van der Waals surface area contributed by atoms with Gasteiger partial charge in [0.15, 0.2) is 0 Å². The van der Waals surface area contributed by atoms with Crippen molar-refractivity contribution in [2.45, 2.75) is 26.0 Å². The number of hydrogen-bond acceptors (Lipinski definition) is 2. The summed E-state index contributed by atoms with van der Waals surface area (Å²) in [7, 11) is 0. The fourth-order valence-corrected chi connectivity index (χ4v) is 4.50. The van der Waals surface area contributed by atoms with Crippen molar-refractivity contribution >= 4 is 37.7 Å². The van der Waals surface area contributed by atoms with Crippen LogP contribution >= 0.6 is 15.9 Å². The summed E-state index contributed by atoms with van der Waals surface area (Å²) < 4.78 is 21.5. The molecule has 3 nitrogen and oxygen atoms in total. The number of H-pyrrole nitrogens is 1. The minimum atomic E-state index is -0.272. The molecule has 0 unspecified atom stereocenters. The average molecular weight is 453 g/mol. The summed E-state index contributed by atoms with van der Waals surface area (Å²) >= 11 is 3.51. The third kappa shape index (κ3) is 3.77. The lowest BCUT2D eigenvalue weighted by Gasteiger charge is -2.15. The molecule has 0 bridgehead atoms. The van der Waals surface area contributed by atoms with Crippen LogP contribution in [0.25, 0.3) is 21.8 Å². The number of aromatic nitrogens is 1. The van der Waals surface area contributed by atoms with Crippen LogP contribution < -0.4 is 4.74 Å². The second kappa shape index (κ2) is 7.81. The van der Waals surface area contributed by atoms with E-state index in [1.807, 2.05) is 18.2 Å². The predicted octanol–water partition coefficient (Wildman–Crippen LogP) is 6.40. The first-order chi connectivity index (χ1) is 14.2. The van der Waals surface area contributed by atoms with Crippen LogP contribution in [0, 0.1) is 5.82 Å². The van der Waals surface area contributed by atoms with Crippen LogP contribution in [0.3, 0.4) is 0 Å². The van der Waals surface area contributed by atoms with Gasteiger partial charge < -0.3 is 9.72 Å². The molecule has 1 aliphatic rings. The normalized spacial score (nSPS) is 14.8. The summed E-state index contributed by atoms with van der Waals surface area (Å²) in [6.07, 6.45) is 2.62. The van der Waals surface area contributed by atoms with Crippen LogP contribution in [0.2, 0.25) is 0 Å². The van der Waals surface area contributed by atoms with Gasteiger partial charge in [0.1, 0.15) is 18.2 Å². The van der Waals surface area contributed by atoms with Crippen LogP contribution in [0.15, 0.2) is 59.1 Å². The summed E-state index contributed by atoms with van der Waals surface area (Å²) in [5.41, 5.74) is 3.82. The quantitative estimate of drug-likeness (QED) is 0.379. The summed E-state index contributed by atoms with van der Waals surface area (Å²) in [5, 5.41) is 1.73. The number of nitrogens with one attached hydrogen (secondary N) is 1. The second-order valence-corrected chi connectivity index (χ2v) is 8.61. The standard InChI is InChI=1S/C24H22BrFN2O/c25-18-7-9-21-19(13-18)23-22(10-8-20(26)24(23)27-21)29-15-17-5-3-16(4-6-17)14-28-11-1-2-12-28/h3-10,13,27H,1-2,11-12,14-15H2. The van der Waals surface area contributed by atoms with Crippen molar-refractivity contribution in [2.75, 3.05) is 13.1 Å². The van der Waals surface area contributed by atoms with Crippen LogP contribution in [0.4, 0.5) is 4.39 Å². The molecule has 5 rings (SSSR count). The number of benzene rings is 3. The van der Waals surface area contributed by atoms with E-state index >= 15 is 0 Å². The van der Waals surface area contributed by atoms with Gasteiger partial charge in [-0.05, 0) is 67.4 Å². The Kier molecular flexibility index (Phi) is 5.02. The third-order valence-electron chi connectivity index (χ3n) is 5.65. The lowest BCUT2D eigenvalue weighted by atomic mass is 10.1. The second-order valence-electron chi connectivity index (χ2n) is 7.70. The van der Waals surface area contributed by atoms with Gasteiger partial charge >= 0.3 is 0 Å². The predicted molar refractivity (Wildman–Crippen MR) is 119 cm³/mol. The first-order valence-electron chi connectivity index (χ1n) is 10.00. The Morgan fingerprint density at radius 2 is 1.72 bits per heavy atom. The molecule has 1 fully saturated rings. The van der Waals surface area contributed by atoms with Gasteiger partial charge in [0.25, 0.3) is 0 Å². The number of halogens is 2. The molecule has 0 aliphatic carbocycles. The Bertz CT molecular complexity index is 1160. The molecule has 1 aromatic heterocycles. The molecule has 1 saturated heterocycles. The molecule has 1 aliphatic heterocycles. The van der Waals surface area contributed by atoms with Gasteiger partial charge in [-0.1, -0.05) is 40.2 Å². The van der Waals surface area contributed by atoms with Gasteiger partial charge in [0.2, 0.25) is 0 Å². The zero-order valence-electron chi connectivity index (χ0n) is 16.1. The molecule has 3 aromatic carbocycles. The van der Waals surface area contributed by atoms with E-state index < -0.39 is 0 Å². The monoisotopic (exact) mass is 452 g/mol. The smallest absolute Gasteiger partial charge is 0.147 e. The number of rotatable bonds is 5. The van der Waals surface area contributed by atoms with E-state index in [0.717, 1.165) is 32.9 Å². The molecule has 1 N–H and O–H groups in total. The third-order valence-corrected chi connectivity index (χ3v) is 6.14. The molecule has 29 heavy (non-hydrogen) atoms. The first kappa shape index (κ1) is 18.6. The van der Waals surface area contributed by atoms with E-state index in [-0.39, 0.29) is 5.82 Å². The molecule has 2 heterocycles. The highest BCUT2D eigenvalue weighted by Gasteiger charge is 2.15.